The van der Waals surface area contributed by atoms with Crippen LogP contribution in [0, 0.1) is 0 Å². The van der Waals surface area contributed by atoms with Crippen LogP contribution in [0.4, 0.5) is 11.4 Å². The molecule has 1 atom stereocenters. The van der Waals surface area contributed by atoms with Gasteiger partial charge in [-0.1, -0.05) is 13.3 Å². The van der Waals surface area contributed by atoms with Crippen molar-refractivity contribution >= 4 is 17.3 Å². The maximum atomic E-state index is 12.6. The lowest BCUT2D eigenvalue weighted by atomic mass is 9.97. The van der Waals surface area contributed by atoms with Crippen LogP contribution in [0.5, 0.6) is 0 Å². The standard InChI is InChI=1S/C15H23N3O/c1-2-5-14-6-3-4-7-18(14)15(19)11-8-12(16)10-13(17)9-11/h8-10,14H,2-7,16-17H2,1H3. The van der Waals surface area contributed by atoms with Gasteiger partial charge in [0.15, 0.2) is 0 Å². The summed E-state index contributed by atoms with van der Waals surface area (Å²) in [4.78, 5) is 14.6. The van der Waals surface area contributed by atoms with Crippen LogP contribution < -0.4 is 11.5 Å². The number of anilines is 2. The molecule has 0 spiro atoms. The number of likely N-dealkylation sites (tertiary alicyclic amines) is 1. The van der Waals surface area contributed by atoms with Crippen LogP contribution in [0.3, 0.4) is 0 Å². The highest BCUT2D eigenvalue weighted by Crippen LogP contribution is 2.24. The number of nitrogens with zero attached hydrogens (tertiary/aromatic N) is 1. The topological polar surface area (TPSA) is 72.3 Å². The Labute approximate surface area is 114 Å². The summed E-state index contributed by atoms with van der Waals surface area (Å²) < 4.78 is 0. The minimum atomic E-state index is 0.0668. The number of nitrogen functional groups attached to an aromatic ring is 2. The van der Waals surface area contributed by atoms with Gasteiger partial charge >= 0.3 is 0 Å². The number of rotatable bonds is 3. The zero-order valence-electron chi connectivity index (χ0n) is 11.6. The molecule has 4 nitrogen and oxygen atoms in total. The van der Waals surface area contributed by atoms with Gasteiger partial charge < -0.3 is 16.4 Å². The molecule has 4 N–H and O–H groups in total. The van der Waals surface area contributed by atoms with Crippen LogP contribution >= 0.6 is 0 Å². The molecular formula is C15H23N3O. The lowest BCUT2D eigenvalue weighted by molar-refractivity contribution is 0.0601. The molecule has 1 aromatic rings. The molecule has 19 heavy (non-hydrogen) atoms. The van der Waals surface area contributed by atoms with Gasteiger partial charge in [-0.05, 0) is 43.9 Å². The number of hydrogen-bond acceptors (Lipinski definition) is 3. The minimum absolute atomic E-state index is 0.0668. The summed E-state index contributed by atoms with van der Waals surface area (Å²) >= 11 is 0. The summed E-state index contributed by atoms with van der Waals surface area (Å²) in [7, 11) is 0. The van der Waals surface area contributed by atoms with Gasteiger partial charge in [-0.15, -0.1) is 0 Å². The predicted molar refractivity (Wildman–Crippen MR) is 78.9 cm³/mol. The van der Waals surface area contributed by atoms with E-state index in [0.29, 0.717) is 23.0 Å². The molecule has 104 valence electrons. The summed E-state index contributed by atoms with van der Waals surface area (Å²) in [5.41, 5.74) is 13.2. The number of benzene rings is 1. The fourth-order valence-corrected chi connectivity index (χ4v) is 2.87. The Hall–Kier alpha value is -1.71. The molecule has 1 aliphatic rings. The van der Waals surface area contributed by atoms with Gasteiger partial charge in [0.2, 0.25) is 0 Å². The summed E-state index contributed by atoms with van der Waals surface area (Å²) in [6.07, 6.45) is 5.59. The van der Waals surface area contributed by atoms with Crippen molar-refractivity contribution in [2.75, 3.05) is 18.0 Å². The van der Waals surface area contributed by atoms with E-state index in [4.69, 9.17) is 11.5 Å². The number of carbonyl (C=O) groups is 1. The first kappa shape index (κ1) is 13.7. The Morgan fingerprint density at radius 2 is 1.95 bits per heavy atom. The molecular weight excluding hydrogens is 238 g/mol. The summed E-state index contributed by atoms with van der Waals surface area (Å²) in [5.74, 6) is 0.0668. The van der Waals surface area contributed by atoms with E-state index in [1.807, 2.05) is 4.90 Å². The second-order valence-electron chi connectivity index (χ2n) is 5.33. The van der Waals surface area contributed by atoms with Gasteiger partial charge in [0.1, 0.15) is 0 Å². The lowest BCUT2D eigenvalue weighted by Crippen LogP contribution is -2.43. The molecule has 0 aliphatic carbocycles. The van der Waals surface area contributed by atoms with Crippen molar-refractivity contribution in [2.45, 2.75) is 45.1 Å². The predicted octanol–water partition coefficient (Wildman–Crippen LogP) is 2.65. The summed E-state index contributed by atoms with van der Waals surface area (Å²) in [5, 5.41) is 0. The SMILES string of the molecule is CCCC1CCCCN1C(=O)c1cc(N)cc(N)c1. The van der Waals surface area contributed by atoms with E-state index in [0.717, 1.165) is 32.2 Å². The molecule has 0 bridgehead atoms. The zero-order chi connectivity index (χ0) is 13.8. The van der Waals surface area contributed by atoms with Crippen LogP contribution in [0.15, 0.2) is 18.2 Å². The average molecular weight is 261 g/mol. The van der Waals surface area contributed by atoms with Crippen molar-refractivity contribution in [1.82, 2.24) is 4.90 Å². The van der Waals surface area contributed by atoms with Crippen LogP contribution in [-0.2, 0) is 0 Å². The summed E-state index contributed by atoms with van der Waals surface area (Å²) in [6.45, 7) is 3.01. The van der Waals surface area contributed by atoms with Crippen LogP contribution in [0.2, 0.25) is 0 Å². The number of carbonyl (C=O) groups excluding carboxylic acids is 1. The van der Waals surface area contributed by atoms with E-state index >= 15 is 0 Å². The quantitative estimate of drug-likeness (QED) is 0.822. The fraction of sp³-hybridized carbons (Fsp3) is 0.533. The Balaban J connectivity index is 2.20. The van der Waals surface area contributed by atoms with Gasteiger partial charge in [0, 0.05) is 29.5 Å². The normalized spacial score (nSPS) is 19.4. The van der Waals surface area contributed by atoms with E-state index in [-0.39, 0.29) is 5.91 Å². The van der Waals surface area contributed by atoms with Crippen molar-refractivity contribution in [2.24, 2.45) is 0 Å². The molecule has 1 fully saturated rings. The van der Waals surface area contributed by atoms with E-state index < -0.39 is 0 Å². The van der Waals surface area contributed by atoms with E-state index in [2.05, 4.69) is 6.92 Å². The monoisotopic (exact) mass is 261 g/mol. The highest BCUT2D eigenvalue weighted by Gasteiger charge is 2.26. The Bertz CT molecular complexity index is 436. The van der Waals surface area contributed by atoms with E-state index in [9.17, 15) is 4.79 Å². The number of hydrogen-bond donors (Lipinski definition) is 2. The maximum absolute atomic E-state index is 12.6. The van der Waals surface area contributed by atoms with Gasteiger partial charge in [-0.3, -0.25) is 4.79 Å². The van der Waals surface area contributed by atoms with Crippen LogP contribution in [0.25, 0.3) is 0 Å². The molecule has 4 heteroatoms. The molecule has 1 unspecified atom stereocenters. The molecule has 1 aliphatic heterocycles. The third-order valence-corrected chi connectivity index (χ3v) is 3.73. The van der Waals surface area contributed by atoms with Crippen LogP contribution in [0.1, 0.15) is 49.4 Å². The Kier molecular flexibility index (Phi) is 4.30. The molecule has 0 aromatic heterocycles. The maximum Gasteiger partial charge on any atom is 0.254 e. The molecule has 2 rings (SSSR count). The first-order valence-electron chi connectivity index (χ1n) is 7.09. The minimum Gasteiger partial charge on any atom is -0.399 e. The second kappa shape index (κ2) is 5.95. The van der Waals surface area contributed by atoms with Crippen molar-refractivity contribution < 1.29 is 4.79 Å². The van der Waals surface area contributed by atoms with Crippen molar-refractivity contribution in [3.63, 3.8) is 0 Å². The molecule has 0 radical (unpaired) electrons. The Morgan fingerprint density at radius 1 is 1.26 bits per heavy atom. The van der Waals surface area contributed by atoms with Crippen molar-refractivity contribution in [3.8, 4) is 0 Å². The summed E-state index contributed by atoms with van der Waals surface area (Å²) in [6, 6.07) is 5.48. The highest BCUT2D eigenvalue weighted by atomic mass is 16.2. The Morgan fingerprint density at radius 3 is 2.58 bits per heavy atom. The number of nitrogens with two attached hydrogens (primary N) is 2. The first-order chi connectivity index (χ1) is 9.11. The van der Waals surface area contributed by atoms with E-state index in [1.165, 1.54) is 6.42 Å². The van der Waals surface area contributed by atoms with Crippen LogP contribution in [-0.4, -0.2) is 23.4 Å². The third-order valence-electron chi connectivity index (χ3n) is 3.73. The molecule has 1 heterocycles. The fourth-order valence-electron chi connectivity index (χ4n) is 2.87. The van der Waals surface area contributed by atoms with Gasteiger partial charge in [-0.2, -0.15) is 0 Å². The molecule has 1 saturated heterocycles. The average Bonchev–Trinajstić information content (AvgIpc) is 2.38. The second-order valence-corrected chi connectivity index (χ2v) is 5.33. The van der Waals surface area contributed by atoms with E-state index in [1.54, 1.807) is 18.2 Å². The number of piperidine rings is 1. The number of amides is 1. The van der Waals surface area contributed by atoms with Gasteiger partial charge in [0.25, 0.3) is 5.91 Å². The van der Waals surface area contributed by atoms with Crippen molar-refractivity contribution in [1.29, 1.82) is 0 Å². The van der Waals surface area contributed by atoms with Gasteiger partial charge in [-0.25, -0.2) is 0 Å². The highest BCUT2D eigenvalue weighted by molar-refractivity contribution is 5.96. The smallest absolute Gasteiger partial charge is 0.254 e. The van der Waals surface area contributed by atoms with Crippen molar-refractivity contribution in [3.05, 3.63) is 23.8 Å². The lowest BCUT2D eigenvalue weighted by Gasteiger charge is -2.36. The van der Waals surface area contributed by atoms with Gasteiger partial charge in [0.05, 0.1) is 0 Å². The molecule has 1 amide bonds. The largest absolute Gasteiger partial charge is 0.399 e. The molecule has 1 aromatic carbocycles. The molecule has 0 saturated carbocycles. The third kappa shape index (κ3) is 3.19. The first-order valence-corrected chi connectivity index (χ1v) is 7.09. The zero-order valence-corrected chi connectivity index (χ0v) is 11.6.